The molecule has 2 N–H and O–H groups in total. The maximum Gasteiger partial charge on any atom is 0.273 e. The molecule has 0 spiro atoms. The first-order valence-electron chi connectivity index (χ1n) is 9.88. The number of hydrogen-bond donors (Lipinski definition) is 2. The standard InChI is InChI=1S/C23H20N6O/c1-13-7-15(11-24)8-14(2)23(13)29-20(30)10-19-22(28-29)21(27-26-19)17-4-3-16-5-6-25-12-18(16)9-17/h3-4,7-10,25-26H,5-6,12H2,1-2H3. The number of aromatic nitrogens is 4. The highest BCUT2D eigenvalue weighted by molar-refractivity contribution is 5.89. The molecule has 7 nitrogen and oxygen atoms in total. The van der Waals surface area contributed by atoms with Crippen molar-refractivity contribution in [3.8, 4) is 23.0 Å². The Kier molecular flexibility index (Phi) is 4.23. The topological polar surface area (TPSA) is 99.4 Å². The lowest BCUT2D eigenvalue weighted by molar-refractivity contribution is 0.644. The predicted molar refractivity (Wildman–Crippen MR) is 115 cm³/mol. The maximum absolute atomic E-state index is 12.8. The molecule has 1 aliphatic rings. The first kappa shape index (κ1) is 18.3. The van der Waals surface area contributed by atoms with Crippen molar-refractivity contribution >= 4 is 11.0 Å². The van der Waals surface area contributed by atoms with E-state index in [1.54, 1.807) is 12.1 Å². The van der Waals surface area contributed by atoms with E-state index >= 15 is 0 Å². The maximum atomic E-state index is 12.8. The number of H-pyrrole nitrogens is 1. The Morgan fingerprint density at radius 1 is 1.10 bits per heavy atom. The van der Waals surface area contributed by atoms with Crippen molar-refractivity contribution in [1.82, 2.24) is 25.3 Å². The summed E-state index contributed by atoms with van der Waals surface area (Å²) in [6, 6.07) is 13.6. The highest BCUT2D eigenvalue weighted by Crippen LogP contribution is 2.28. The second-order valence-electron chi connectivity index (χ2n) is 7.71. The lowest BCUT2D eigenvalue weighted by atomic mass is 9.97. The van der Waals surface area contributed by atoms with E-state index in [9.17, 15) is 10.1 Å². The monoisotopic (exact) mass is 396 g/mol. The first-order chi connectivity index (χ1) is 14.5. The van der Waals surface area contributed by atoms with E-state index in [1.165, 1.54) is 21.9 Å². The van der Waals surface area contributed by atoms with Gasteiger partial charge in [-0.05, 0) is 67.3 Å². The molecule has 2 aromatic heterocycles. The fraction of sp³-hybridized carbons (Fsp3) is 0.217. The van der Waals surface area contributed by atoms with Crippen LogP contribution in [0.3, 0.4) is 0 Å². The van der Waals surface area contributed by atoms with Gasteiger partial charge in [-0.15, -0.1) is 0 Å². The summed E-state index contributed by atoms with van der Waals surface area (Å²) in [5, 5.41) is 24.7. The summed E-state index contributed by atoms with van der Waals surface area (Å²) < 4.78 is 1.41. The van der Waals surface area contributed by atoms with Crippen LogP contribution in [0.15, 0.2) is 41.2 Å². The van der Waals surface area contributed by atoms with E-state index in [4.69, 9.17) is 0 Å². The van der Waals surface area contributed by atoms with Crippen LogP contribution >= 0.6 is 0 Å². The molecular formula is C23H20N6O. The van der Waals surface area contributed by atoms with Crippen LogP contribution < -0.4 is 10.9 Å². The molecule has 4 aromatic rings. The molecule has 0 amide bonds. The Hall–Kier alpha value is -3.76. The van der Waals surface area contributed by atoms with Crippen LogP contribution in [0.4, 0.5) is 0 Å². The van der Waals surface area contributed by atoms with Crippen LogP contribution in [0, 0.1) is 25.2 Å². The lowest BCUT2D eigenvalue weighted by Crippen LogP contribution is -2.23. The van der Waals surface area contributed by atoms with Gasteiger partial charge in [0.1, 0.15) is 11.2 Å². The van der Waals surface area contributed by atoms with E-state index in [2.05, 4.69) is 44.9 Å². The van der Waals surface area contributed by atoms with Gasteiger partial charge >= 0.3 is 0 Å². The Morgan fingerprint density at radius 3 is 2.67 bits per heavy atom. The van der Waals surface area contributed by atoms with Crippen molar-refractivity contribution in [1.29, 1.82) is 5.26 Å². The summed E-state index contributed by atoms with van der Waals surface area (Å²) in [5.74, 6) is 0. The molecule has 0 unspecified atom stereocenters. The van der Waals surface area contributed by atoms with Gasteiger partial charge in [-0.2, -0.15) is 20.1 Å². The van der Waals surface area contributed by atoms with Gasteiger partial charge in [0.05, 0.1) is 22.8 Å². The number of nitrogens with one attached hydrogen (secondary N) is 2. The third kappa shape index (κ3) is 2.90. The average molecular weight is 396 g/mol. The van der Waals surface area contributed by atoms with E-state index in [0.29, 0.717) is 22.3 Å². The van der Waals surface area contributed by atoms with E-state index in [-0.39, 0.29) is 5.56 Å². The number of rotatable bonds is 2. The zero-order valence-electron chi connectivity index (χ0n) is 16.8. The van der Waals surface area contributed by atoms with Crippen LogP contribution in [-0.4, -0.2) is 26.5 Å². The van der Waals surface area contributed by atoms with Crippen LogP contribution in [0.25, 0.3) is 28.0 Å². The van der Waals surface area contributed by atoms with Gasteiger partial charge in [-0.3, -0.25) is 9.89 Å². The molecule has 7 heteroatoms. The summed E-state index contributed by atoms with van der Waals surface area (Å²) in [4.78, 5) is 12.8. The number of aromatic amines is 1. The highest BCUT2D eigenvalue weighted by atomic mass is 16.1. The molecule has 148 valence electrons. The van der Waals surface area contributed by atoms with Crippen LogP contribution in [0.2, 0.25) is 0 Å². The van der Waals surface area contributed by atoms with Crippen LogP contribution in [0.1, 0.15) is 27.8 Å². The second-order valence-corrected chi connectivity index (χ2v) is 7.71. The van der Waals surface area contributed by atoms with Crippen LogP contribution in [0.5, 0.6) is 0 Å². The molecule has 2 aromatic carbocycles. The molecule has 0 fully saturated rings. The summed E-state index contributed by atoms with van der Waals surface area (Å²) in [6.45, 7) is 5.60. The fourth-order valence-corrected chi connectivity index (χ4v) is 4.23. The van der Waals surface area contributed by atoms with Gasteiger partial charge in [0.15, 0.2) is 0 Å². The third-order valence-electron chi connectivity index (χ3n) is 5.64. The van der Waals surface area contributed by atoms with E-state index < -0.39 is 0 Å². The summed E-state index contributed by atoms with van der Waals surface area (Å²) in [5.41, 5.74) is 8.21. The normalized spacial score (nSPS) is 13.2. The quantitative estimate of drug-likeness (QED) is 0.543. The highest BCUT2D eigenvalue weighted by Gasteiger charge is 2.17. The van der Waals surface area contributed by atoms with Gasteiger partial charge in [0.2, 0.25) is 0 Å². The largest absolute Gasteiger partial charge is 0.312 e. The van der Waals surface area contributed by atoms with Crippen LogP contribution in [-0.2, 0) is 13.0 Å². The number of nitrogens with zero attached hydrogens (tertiary/aromatic N) is 4. The minimum atomic E-state index is -0.247. The van der Waals surface area contributed by atoms with Crippen molar-refractivity contribution < 1.29 is 0 Å². The first-order valence-corrected chi connectivity index (χ1v) is 9.88. The van der Waals surface area contributed by atoms with Gasteiger partial charge in [-0.25, -0.2) is 0 Å². The van der Waals surface area contributed by atoms with Crippen molar-refractivity contribution in [2.75, 3.05) is 6.54 Å². The Labute approximate surface area is 173 Å². The molecule has 0 saturated heterocycles. The van der Waals surface area contributed by atoms with Crippen molar-refractivity contribution in [2.24, 2.45) is 0 Å². The van der Waals surface area contributed by atoms with E-state index in [0.717, 1.165) is 41.9 Å². The van der Waals surface area contributed by atoms with Gasteiger partial charge in [-0.1, -0.05) is 12.1 Å². The lowest BCUT2D eigenvalue weighted by Gasteiger charge is -2.17. The Balaban J connectivity index is 1.70. The molecule has 0 aliphatic carbocycles. The Bertz CT molecular complexity index is 1380. The molecular weight excluding hydrogens is 376 g/mol. The summed E-state index contributed by atoms with van der Waals surface area (Å²) >= 11 is 0. The van der Waals surface area contributed by atoms with Gasteiger partial charge in [0.25, 0.3) is 5.56 Å². The molecule has 1 aliphatic heterocycles. The molecule has 0 radical (unpaired) electrons. The second kappa shape index (κ2) is 6.94. The zero-order valence-corrected chi connectivity index (χ0v) is 16.8. The number of hydrogen-bond acceptors (Lipinski definition) is 5. The molecule has 0 bridgehead atoms. The van der Waals surface area contributed by atoms with Gasteiger partial charge in [0, 0.05) is 18.2 Å². The minimum absolute atomic E-state index is 0.247. The average Bonchev–Trinajstić information content (AvgIpc) is 3.15. The van der Waals surface area contributed by atoms with Gasteiger partial charge < -0.3 is 5.32 Å². The number of nitriles is 1. The SMILES string of the molecule is Cc1cc(C#N)cc(C)c1-n1nc2c(-c3ccc4c(c3)CNCC4)n[nH]c2cc1=O. The third-order valence-corrected chi connectivity index (χ3v) is 5.64. The summed E-state index contributed by atoms with van der Waals surface area (Å²) in [6.07, 6.45) is 1.02. The zero-order chi connectivity index (χ0) is 20.8. The van der Waals surface area contributed by atoms with Crippen molar-refractivity contribution in [3.63, 3.8) is 0 Å². The number of benzene rings is 2. The molecule has 30 heavy (non-hydrogen) atoms. The van der Waals surface area contributed by atoms with Crippen molar-refractivity contribution in [3.05, 3.63) is 74.6 Å². The summed E-state index contributed by atoms with van der Waals surface area (Å²) in [7, 11) is 0. The molecule has 3 heterocycles. The smallest absolute Gasteiger partial charge is 0.273 e. The number of aryl methyl sites for hydroxylation is 2. The molecule has 5 rings (SSSR count). The Morgan fingerprint density at radius 2 is 1.90 bits per heavy atom. The van der Waals surface area contributed by atoms with Crippen molar-refractivity contribution in [2.45, 2.75) is 26.8 Å². The minimum Gasteiger partial charge on any atom is -0.312 e. The van der Waals surface area contributed by atoms with E-state index in [1.807, 2.05) is 13.8 Å². The molecule has 0 saturated carbocycles. The number of fused-ring (bicyclic) bond motifs is 2. The molecule has 0 atom stereocenters. The fourth-order valence-electron chi connectivity index (χ4n) is 4.23. The predicted octanol–water partition coefficient (Wildman–Crippen LogP) is 2.91.